The van der Waals surface area contributed by atoms with Gasteiger partial charge in [-0.05, 0) is 42.0 Å². The maximum Gasteiger partial charge on any atom is 0.253 e. The highest BCUT2D eigenvalue weighted by Crippen LogP contribution is 2.17. The molecule has 94 valence electrons. The van der Waals surface area contributed by atoms with Gasteiger partial charge in [-0.3, -0.25) is 4.79 Å². The average molecular weight is 277 g/mol. The maximum atomic E-state index is 12.2. The van der Waals surface area contributed by atoms with Crippen LogP contribution in [0.2, 0.25) is 0 Å². The molecule has 0 spiro atoms. The number of hydrogen-bond donors (Lipinski definition) is 0. The largest absolute Gasteiger partial charge is 0.337 e. The fourth-order valence-corrected chi connectivity index (χ4v) is 2.83. The van der Waals surface area contributed by atoms with Gasteiger partial charge in [0.15, 0.2) is 0 Å². The van der Waals surface area contributed by atoms with Crippen molar-refractivity contribution in [3.63, 3.8) is 0 Å². The zero-order valence-corrected chi connectivity index (χ0v) is 12.1. The van der Waals surface area contributed by atoms with Gasteiger partial charge in [-0.2, -0.15) is 0 Å². The third-order valence-corrected chi connectivity index (χ3v) is 4.26. The van der Waals surface area contributed by atoms with Crippen molar-refractivity contribution in [2.75, 3.05) is 13.3 Å². The molecule has 0 radical (unpaired) electrons. The molecule has 2 aromatic rings. The van der Waals surface area contributed by atoms with Crippen LogP contribution in [0.3, 0.4) is 0 Å². The van der Waals surface area contributed by atoms with Gasteiger partial charge >= 0.3 is 0 Å². The molecule has 0 bridgehead atoms. The minimum Gasteiger partial charge on any atom is -0.337 e. The van der Waals surface area contributed by atoms with E-state index in [4.69, 9.17) is 0 Å². The van der Waals surface area contributed by atoms with E-state index >= 15 is 0 Å². The first kappa shape index (κ1) is 13.2. The van der Waals surface area contributed by atoms with Crippen molar-refractivity contribution in [2.24, 2.45) is 0 Å². The Kier molecular flexibility index (Phi) is 4.44. The van der Waals surface area contributed by atoms with Gasteiger partial charge in [0.05, 0.1) is 6.54 Å². The zero-order valence-electron chi connectivity index (χ0n) is 10.4. The Bertz CT molecular complexity index is 505. The first-order valence-corrected chi connectivity index (χ1v) is 7.73. The van der Waals surface area contributed by atoms with Crippen LogP contribution in [0.4, 0.5) is 0 Å². The Morgan fingerprint density at radius 2 is 2.00 bits per heavy atom. The molecule has 0 unspecified atom stereocenters. The molecule has 0 fully saturated rings. The molecular weight excluding hydrogens is 262 g/mol. The highest BCUT2D eigenvalue weighted by atomic mass is 32.2. The smallest absolute Gasteiger partial charge is 0.253 e. The van der Waals surface area contributed by atoms with E-state index in [-0.39, 0.29) is 5.91 Å². The van der Waals surface area contributed by atoms with Crippen LogP contribution >= 0.6 is 23.1 Å². The van der Waals surface area contributed by atoms with Crippen molar-refractivity contribution >= 4 is 29.0 Å². The van der Waals surface area contributed by atoms with Gasteiger partial charge < -0.3 is 4.90 Å². The normalized spacial score (nSPS) is 10.3. The predicted octanol–water partition coefficient (Wildman–Crippen LogP) is 3.74. The monoisotopic (exact) mass is 277 g/mol. The lowest BCUT2D eigenvalue weighted by atomic mass is 10.2. The Labute approximate surface area is 116 Å². The highest BCUT2D eigenvalue weighted by Gasteiger charge is 2.12. The summed E-state index contributed by atoms with van der Waals surface area (Å²) in [7, 11) is 1.84. The molecule has 2 rings (SSSR count). The summed E-state index contributed by atoms with van der Waals surface area (Å²) in [5.41, 5.74) is 0.742. The zero-order chi connectivity index (χ0) is 13.0. The third kappa shape index (κ3) is 3.15. The molecule has 0 aliphatic heterocycles. The van der Waals surface area contributed by atoms with Crippen molar-refractivity contribution in [2.45, 2.75) is 11.4 Å². The topological polar surface area (TPSA) is 20.3 Å². The lowest BCUT2D eigenvalue weighted by molar-refractivity contribution is 0.0786. The first-order chi connectivity index (χ1) is 8.70. The number of amides is 1. The predicted molar refractivity (Wildman–Crippen MR) is 78.3 cm³/mol. The van der Waals surface area contributed by atoms with Crippen LogP contribution in [0.15, 0.2) is 46.7 Å². The molecule has 1 aromatic carbocycles. The molecule has 1 heterocycles. The van der Waals surface area contributed by atoms with Gasteiger partial charge in [-0.15, -0.1) is 23.1 Å². The van der Waals surface area contributed by atoms with Crippen molar-refractivity contribution in [3.8, 4) is 0 Å². The van der Waals surface area contributed by atoms with Crippen molar-refractivity contribution in [3.05, 3.63) is 52.2 Å². The summed E-state index contributed by atoms with van der Waals surface area (Å²) in [4.78, 5) is 16.3. The van der Waals surface area contributed by atoms with Crippen molar-refractivity contribution in [1.29, 1.82) is 0 Å². The fraction of sp³-hybridized carbons (Fsp3) is 0.214. The summed E-state index contributed by atoms with van der Waals surface area (Å²) in [5.74, 6) is 0.0658. The molecule has 18 heavy (non-hydrogen) atoms. The summed E-state index contributed by atoms with van der Waals surface area (Å²) in [6, 6.07) is 11.8. The number of carbonyl (C=O) groups excluding carboxylic acids is 1. The Morgan fingerprint density at radius 3 is 2.56 bits per heavy atom. The summed E-state index contributed by atoms with van der Waals surface area (Å²) >= 11 is 3.35. The standard InChI is InChI=1S/C14H15NOS2/c1-15(10-13-4-3-9-18-13)14(16)11-5-7-12(17-2)8-6-11/h3-9H,10H2,1-2H3. The SMILES string of the molecule is CSc1ccc(C(=O)N(C)Cc2cccs2)cc1. The lowest BCUT2D eigenvalue weighted by Gasteiger charge is -2.16. The van der Waals surface area contributed by atoms with E-state index < -0.39 is 0 Å². The number of thioether (sulfide) groups is 1. The van der Waals surface area contributed by atoms with Crippen LogP contribution in [0.5, 0.6) is 0 Å². The molecular formula is C14H15NOS2. The van der Waals surface area contributed by atoms with E-state index in [1.54, 1.807) is 28.0 Å². The van der Waals surface area contributed by atoms with E-state index in [1.165, 1.54) is 9.77 Å². The van der Waals surface area contributed by atoms with E-state index in [0.29, 0.717) is 6.54 Å². The van der Waals surface area contributed by atoms with Gasteiger partial charge in [-0.1, -0.05) is 6.07 Å². The second kappa shape index (κ2) is 6.07. The molecule has 0 atom stereocenters. The van der Waals surface area contributed by atoms with E-state index in [9.17, 15) is 4.79 Å². The number of nitrogens with zero attached hydrogens (tertiary/aromatic N) is 1. The molecule has 1 aromatic heterocycles. The second-order valence-electron chi connectivity index (χ2n) is 3.97. The molecule has 0 N–H and O–H groups in total. The second-order valence-corrected chi connectivity index (χ2v) is 5.88. The molecule has 0 saturated carbocycles. The summed E-state index contributed by atoms with van der Waals surface area (Å²) in [6.45, 7) is 0.667. The van der Waals surface area contributed by atoms with Gasteiger partial charge in [0.1, 0.15) is 0 Å². The first-order valence-electron chi connectivity index (χ1n) is 5.62. The van der Waals surface area contributed by atoms with E-state index in [2.05, 4.69) is 0 Å². The van der Waals surface area contributed by atoms with Crippen LogP contribution in [-0.4, -0.2) is 24.1 Å². The number of benzene rings is 1. The van der Waals surface area contributed by atoms with E-state index in [0.717, 1.165) is 5.56 Å². The summed E-state index contributed by atoms with van der Waals surface area (Å²) in [6.07, 6.45) is 2.03. The Hall–Kier alpha value is -1.26. The number of rotatable bonds is 4. The minimum atomic E-state index is 0.0658. The van der Waals surface area contributed by atoms with Crippen LogP contribution in [-0.2, 0) is 6.54 Å². The van der Waals surface area contributed by atoms with Gasteiger partial charge in [-0.25, -0.2) is 0 Å². The minimum absolute atomic E-state index is 0.0658. The van der Waals surface area contributed by atoms with Gasteiger partial charge in [0.25, 0.3) is 5.91 Å². The Balaban J connectivity index is 2.05. The summed E-state index contributed by atoms with van der Waals surface area (Å²) in [5, 5.41) is 2.03. The maximum absolute atomic E-state index is 12.2. The Morgan fingerprint density at radius 1 is 1.28 bits per heavy atom. The number of carbonyl (C=O) groups is 1. The number of thiophene rings is 1. The van der Waals surface area contributed by atoms with Gasteiger partial charge in [0, 0.05) is 22.4 Å². The molecule has 0 aliphatic carbocycles. The van der Waals surface area contributed by atoms with E-state index in [1.807, 2.05) is 55.1 Å². The molecule has 2 nitrogen and oxygen atoms in total. The van der Waals surface area contributed by atoms with Crippen molar-refractivity contribution in [1.82, 2.24) is 4.90 Å². The lowest BCUT2D eigenvalue weighted by Crippen LogP contribution is -2.25. The van der Waals surface area contributed by atoms with Crippen molar-refractivity contribution < 1.29 is 4.79 Å². The molecule has 0 aliphatic rings. The third-order valence-electron chi connectivity index (χ3n) is 2.66. The molecule has 0 saturated heterocycles. The van der Waals surface area contributed by atoms with Gasteiger partial charge in [0.2, 0.25) is 0 Å². The fourth-order valence-electron chi connectivity index (χ4n) is 1.66. The van der Waals surface area contributed by atoms with Crippen LogP contribution in [0.1, 0.15) is 15.2 Å². The highest BCUT2D eigenvalue weighted by molar-refractivity contribution is 7.98. The quantitative estimate of drug-likeness (QED) is 0.793. The van der Waals surface area contributed by atoms with Crippen LogP contribution in [0.25, 0.3) is 0 Å². The molecule has 1 amide bonds. The number of hydrogen-bond acceptors (Lipinski definition) is 3. The van der Waals surface area contributed by atoms with Crippen LogP contribution in [0, 0.1) is 0 Å². The van der Waals surface area contributed by atoms with Crippen LogP contribution < -0.4 is 0 Å². The average Bonchev–Trinajstić information content (AvgIpc) is 2.91. The summed E-state index contributed by atoms with van der Waals surface area (Å²) < 4.78 is 0. The molecule has 4 heteroatoms.